The number of nitrogens with one attached hydrogen (secondary N) is 2. The van der Waals surface area contributed by atoms with Crippen LogP contribution in [0.15, 0.2) is 52.9 Å². The number of anilines is 2. The monoisotopic (exact) mass is 400 g/mol. The summed E-state index contributed by atoms with van der Waals surface area (Å²) in [6.45, 7) is 4.61. The van der Waals surface area contributed by atoms with Gasteiger partial charge in [-0.05, 0) is 38.1 Å². The van der Waals surface area contributed by atoms with E-state index in [1.54, 1.807) is 11.8 Å². The highest BCUT2D eigenvalue weighted by molar-refractivity contribution is 8.01. The van der Waals surface area contributed by atoms with Gasteiger partial charge in [0.25, 0.3) is 0 Å². The fraction of sp³-hybridized carbons (Fsp3) is 0.211. The van der Waals surface area contributed by atoms with Gasteiger partial charge in [-0.25, -0.2) is 4.79 Å². The molecule has 27 heavy (non-hydrogen) atoms. The summed E-state index contributed by atoms with van der Waals surface area (Å²) in [4.78, 5) is 12.0. The molecular formula is C19H20N4O2S2. The van der Waals surface area contributed by atoms with E-state index in [0.29, 0.717) is 11.7 Å². The van der Waals surface area contributed by atoms with Crippen LogP contribution in [0.1, 0.15) is 11.1 Å². The van der Waals surface area contributed by atoms with Crippen molar-refractivity contribution in [3.63, 3.8) is 0 Å². The number of amides is 2. The Balaban J connectivity index is 1.40. The van der Waals surface area contributed by atoms with Crippen LogP contribution in [0.3, 0.4) is 0 Å². The number of nitrogens with zero attached hydrogens (tertiary/aromatic N) is 2. The van der Waals surface area contributed by atoms with Crippen molar-refractivity contribution in [2.75, 3.05) is 23.0 Å². The van der Waals surface area contributed by atoms with E-state index in [-0.39, 0.29) is 6.03 Å². The molecule has 3 aromatic rings. The summed E-state index contributed by atoms with van der Waals surface area (Å²) in [5, 5.41) is 14.0. The minimum atomic E-state index is -0.339. The number of hydrogen-bond donors (Lipinski definition) is 2. The lowest BCUT2D eigenvalue weighted by Gasteiger charge is -2.05. The Hall–Kier alpha value is -2.58. The second kappa shape index (κ2) is 9.38. The van der Waals surface area contributed by atoms with Crippen molar-refractivity contribution in [3.8, 4) is 5.75 Å². The van der Waals surface area contributed by atoms with Crippen LogP contribution in [0.2, 0.25) is 0 Å². The van der Waals surface area contributed by atoms with Crippen LogP contribution in [0.4, 0.5) is 15.6 Å². The first-order valence-corrected chi connectivity index (χ1v) is 10.2. The summed E-state index contributed by atoms with van der Waals surface area (Å²) in [7, 11) is 0. The standard InChI is InChI=1S/C19H20N4O2S2/c1-13-3-7-15(8-4-13)20-17(24)21-18-22-23-19(27-18)26-12-11-25-16-9-5-14(2)6-10-16/h3-10H,11-12H2,1-2H3,(H2,20,21,22,24). The summed E-state index contributed by atoms with van der Waals surface area (Å²) >= 11 is 2.88. The van der Waals surface area contributed by atoms with E-state index in [4.69, 9.17) is 4.74 Å². The zero-order valence-corrected chi connectivity index (χ0v) is 16.7. The van der Waals surface area contributed by atoms with Crippen molar-refractivity contribution in [2.45, 2.75) is 18.2 Å². The van der Waals surface area contributed by atoms with Crippen molar-refractivity contribution in [3.05, 3.63) is 59.7 Å². The summed E-state index contributed by atoms with van der Waals surface area (Å²) < 4.78 is 6.47. The molecule has 0 saturated carbocycles. The molecule has 6 nitrogen and oxygen atoms in total. The Labute approximate surface area is 166 Å². The number of carbonyl (C=O) groups is 1. The van der Waals surface area contributed by atoms with Gasteiger partial charge in [0.1, 0.15) is 5.75 Å². The Morgan fingerprint density at radius 1 is 1.00 bits per heavy atom. The van der Waals surface area contributed by atoms with E-state index in [9.17, 15) is 4.79 Å². The Kier molecular flexibility index (Phi) is 6.67. The predicted octanol–water partition coefficient (Wildman–Crippen LogP) is 4.97. The van der Waals surface area contributed by atoms with Gasteiger partial charge in [0.15, 0.2) is 4.34 Å². The summed E-state index contributed by atoms with van der Waals surface area (Å²) in [6.07, 6.45) is 0. The highest BCUT2D eigenvalue weighted by Crippen LogP contribution is 2.25. The van der Waals surface area contributed by atoms with Gasteiger partial charge < -0.3 is 10.1 Å². The molecule has 0 unspecified atom stereocenters. The predicted molar refractivity (Wildman–Crippen MR) is 111 cm³/mol. The first-order valence-electron chi connectivity index (χ1n) is 8.39. The molecule has 0 aliphatic rings. The molecule has 0 radical (unpaired) electrons. The largest absolute Gasteiger partial charge is 0.493 e. The maximum Gasteiger partial charge on any atom is 0.325 e. The molecule has 0 bridgehead atoms. The quantitative estimate of drug-likeness (QED) is 0.333. The Bertz CT molecular complexity index is 879. The van der Waals surface area contributed by atoms with E-state index in [2.05, 4.69) is 20.8 Å². The molecule has 3 rings (SSSR count). The number of benzene rings is 2. The number of rotatable bonds is 7. The highest BCUT2D eigenvalue weighted by atomic mass is 32.2. The van der Waals surface area contributed by atoms with E-state index in [1.807, 2.05) is 62.4 Å². The van der Waals surface area contributed by atoms with Gasteiger partial charge in [-0.3, -0.25) is 5.32 Å². The maximum absolute atomic E-state index is 12.0. The molecule has 2 N–H and O–H groups in total. The molecule has 1 aromatic heterocycles. The molecule has 0 saturated heterocycles. The van der Waals surface area contributed by atoms with Crippen molar-refractivity contribution < 1.29 is 9.53 Å². The number of ether oxygens (including phenoxy) is 1. The molecule has 0 aliphatic heterocycles. The summed E-state index contributed by atoms with van der Waals surface area (Å²) in [6, 6.07) is 15.2. The second-order valence-electron chi connectivity index (χ2n) is 5.83. The van der Waals surface area contributed by atoms with Crippen LogP contribution in [-0.2, 0) is 0 Å². The molecule has 1 heterocycles. The minimum absolute atomic E-state index is 0.339. The third-order valence-electron chi connectivity index (χ3n) is 3.53. The molecule has 0 atom stereocenters. The number of hydrogen-bond acceptors (Lipinski definition) is 6. The number of aryl methyl sites for hydroxylation is 2. The van der Waals surface area contributed by atoms with Crippen LogP contribution in [-0.4, -0.2) is 28.6 Å². The van der Waals surface area contributed by atoms with Gasteiger partial charge in [0, 0.05) is 11.4 Å². The fourth-order valence-corrected chi connectivity index (χ4v) is 3.77. The molecule has 0 fully saturated rings. The van der Waals surface area contributed by atoms with E-state index < -0.39 is 0 Å². The molecule has 0 spiro atoms. The molecule has 0 aliphatic carbocycles. The van der Waals surface area contributed by atoms with Crippen molar-refractivity contribution in [2.24, 2.45) is 0 Å². The second-order valence-corrected chi connectivity index (χ2v) is 8.15. The van der Waals surface area contributed by atoms with Crippen LogP contribution in [0, 0.1) is 13.8 Å². The highest BCUT2D eigenvalue weighted by Gasteiger charge is 2.09. The molecule has 2 aromatic carbocycles. The maximum atomic E-state index is 12.0. The van der Waals surface area contributed by atoms with E-state index in [1.165, 1.54) is 16.9 Å². The normalized spacial score (nSPS) is 10.4. The van der Waals surface area contributed by atoms with E-state index >= 15 is 0 Å². The van der Waals surface area contributed by atoms with Gasteiger partial charge in [-0.2, -0.15) is 0 Å². The number of aromatic nitrogens is 2. The fourth-order valence-electron chi connectivity index (χ4n) is 2.14. The topological polar surface area (TPSA) is 76.1 Å². The Morgan fingerprint density at radius 2 is 1.67 bits per heavy atom. The van der Waals surface area contributed by atoms with Crippen LogP contribution >= 0.6 is 23.1 Å². The number of thioether (sulfide) groups is 1. The lowest BCUT2D eigenvalue weighted by Crippen LogP contribution is -2.19. The SMILES string of the molecule is Cc1ccc(NC(=O)Nc2nnc(SCCOc3ccc(C)cc3)s2)cc1. The molecule has 140 valence electrons. The zero-order chi connectivity index (χ0) is 19.1. The van der Waals surface area contributed by atoms with Gasteiger partial charge in [-0.1, -0.05) is 58.5 Å². The number of urea groups is 1. The third-order valence-corrected chi connectivity index (χ3v) is 5.47. The minimum Gasteiger partial charge on any atom is -0.493 e. The lowest BCUT2D eigenvalue weighted by atomic mass is 10.2. The van der Waals surface area contributed by atoms with Crippen LogP contribution in [0.5, 0.6) is 5.75 Å². The molecule has 2 amide bonds. The zero-order valence-electron chi connectivity index (χ0n) is 15.1. The smallest absolute Gasteiger partial charge is 0.325 e. The summed E-state index contributed by atoms with van der Waals surface area (Å²) in [5.74, 6) is 1.60. The first-order chi connectivity index (χ1) is 13.1. The average Bonchev–Trinajstić information content (AvgIpc) is 3.09. The van der Waals surface area contributed by atoms with Gasteiger partial charge in [-0.15, -0.1) is 10.2 Å². The Morgan fingerprint density at radius 3 is 2.37 bits per heavy atom. The molecule has 8 heteroatoms. The number of carbonyl (C=O) groups excluding carboxylic acids is 1. The van der Waals surface area contributed by atoms with Crippen molar-refractivity contribution >= 4 is 39.9 Å². The van der Waals surface area contributed by atoms with Crippen LogP contribution < -0.4 is 15.4 Å². The van der Waals surface area contributed by atoms with Crippen molar-refractivity contribution in [1.82, 2.24) is 10.2 Å². The molecular weight excluding hydrogens is 380 g/mol. The van der Waals surface area contributed by atoms with Gasteiger partial charge in [0.2, 0.25) is 5.13 Å². The van der Waals surface area contributed by atoms with Crippen molar-refractivity contribution in [1.29, 1.82) is 0 Å². The van der Waals surface area contributed by atoms with Gasteiger partial charge >= 0.3 is 6.03 Å². The third kappa shape index (κ3) is 6.26. The lowest BCUT2D eigenvalue weighted by molar-refractivity contribution is 0.262. The van der Waals surface area contributed by atoms with Crippen LogP contribution in [0.25, 0.3) is 0 Å². The average molecular weight is 401 g/mol. The van der Waals surface area contributed by atoms with Gasteiger partial charge in [0.05, 0.1) is 6.61 Å². The summed E-state index contributed by atoms with van der Waals surface area (Å²) in [5.41, 5.74) is 3.07. The van der Waals surface area contributed by atoms with E-state index in [0.717, 1.165) is 27.1 Å². The first kappa shape index (κ1) is 19.2.